The van der Waals surface area contributed by atoms with E-state index in [1.54, 1.807) is 36.0 Å². The fourth-order valence-corrected chi connectivity index (χ4v) is 3.34. The van der Waals surface area contributed by atoms with Gasteiger partial charge in [-0.15, -0.1) is 0 Å². The van der Waals surface area contributed by atoms with Crippen molar-refractivity contribution in [2.75, 3.05) is 53.9 Å². The first kappa shape index (κ1) is 19.0. The third-order valence-electron chi connectivity index (χ3n) is 5.07. The van der Waals surface area contributed by atoms with E-state index in [0.717, 1.165) is 17.9 Å². The highest BCUT2D eigenvalue weighted by atomic mass is 16.2. The number of imide groups is 1. The molecular weight excluding hydrogens is 348 g/mol. The summed E-state index contributed by atoms with van der Waals surface area (Å²) in [5.74, 6) is -0.840. The van der Waals surface area contributed by atoms with Crippen LogP contribution in [0.3, 0.4) is 0 Å². The monoisotopic (exact) mass is 372 g/mol. The van der Waals surface area contributed by atoms with Gasteiger partial charge in [-0.2, -0.15) is 0 Å². The van der Waals surface area contributed by atoms with Crippen molar-refractivity contribution >= 4 is 23.6 Å². The zero-order chi connectivity index (χ0) is 19.7. The van der Waals surface area contributed by atoms with Crippen LogP contribution in [0.25, 0.3) is 0 Å². The van der Waals surface area contributed by atoms with Crippen LogP contribution in [-0.4, -0.2) is 97.1 Å². The summed E-state index contributed by atoms with van der Waals surface area (Å²) >= 11 is 0. The van der Waals surface area contributed by atoms with Crippen LogP contribution in [0.2, 0.25) is 0 Å². The Morgan fingerprint density at radius 1 is 1.00 bits per heavy atom. The highest BCUT2D eigenvalue weighted by Crippen LogP contribution is 2.23. The van der Waals surface area contributed by atoms with Gasteiger partial charge in [0.25, 0.3) is 17.7 Å². The minimum Gasteiger partial charge on any atom is -0.348 e. The lowest BCUT2D eigenvalue weighted by atomic mass is 10.0. The van der Waals surface area contributed by atoms with Crippen molar-refractivity contribution in [3.05, 3.63) is 34.9 Å². The maximum atomic E-state index is 12.9. The molecule has 0 N–H and O–H groups in total. The van der Waals surface area contributed by atoms with E-state index in [1.165, 1.54) is 13.1 Å². The molecular formula is C19H24N4O4. The van der Waals surface area contributed by atoms with Gasteiger partial charge in [0.05, 0.1) is 17.7 Å². The molecule has 0 aromatic heterocycles. The number of benzene rings is 1. The van der Waals surface area contributed by atoms with Crippen LogP contribution in [0.5, 0.6) is 0 Å². The molecule has 0 saturated carbocycles. The van der Waals surface area contributed by atoms with Gasteiger partial charge in [-0.3, -0.25) is 29.0 Å². The predicted octanol–water partition coefficient (Wildman–Crippen LogP) is 0.149. The number of amides is 4. The third kappa shape index (κ3) is 3.71. The molecule has 1 aromatic carbocycles. The summed E-state index contributed by atoms with van der Waals surface area (Å²) in [5.41, 5.74) is 1.02. The molecule has 4 amide bonds. The van der Waals surface area contributed by atoms with Crippen LogP contribution in [0, 0.1) is 0 Å². The van der Waals surface area contributed by atoms with Gasteiger partial charge in [0.2, 0.25) is 5.91 Å². The quantitative estimate of drug-likeness (QED) is 0.706. The Bertz CT molecular complexity index is 805. The number of fused-ring (bicyclic) bond motifs is 1. The van der Waals surface area contributed by atoms with Crippen molar-refractivity contribution in [1.82, 2.24) is 19.6 Å². The lowest BCUT2D eigenvalue weighted by molar-refractivity contribution is -0.129. The summed E-state index contributed by atoms with van der Waals surface area (Å²) in [4.78, 5) is 55.3. The van der Waals surface area contributed by atoms with E-state index in [0.29, 0.717) is 37.3 Å². The molecule has 1 fully saturated rings. The Kier molecular flexibility index (Phi) is 5.27. The molecule has 8 nitrogen and oxygen atoms in total. The number of likely N-dealkylation sites (N-methyl/N-ethyl adjacent to an activating group) is 1. The summed E-state index contributed by atoms with van der Waals surface area (Å²) in [7, 11) is 4.89. The van der Waals surface area contributed by atoms with Gasteiger partial charge in [-0.25, -0.2) is 0 Å². The average molecular weight is 372 g/mol. The van der Waals surface area contributed by atoms with Crippen molar-refractivity contribution in [1.29, 1.82) is 0 Å². The molecule has 1 saturated heterocycles. The van der Waals surface area contributed by atoms with Crippen molar-refractivity contribution < 1.29 is 19.2 Å². The Morgan fingerprint density at radius 3 is 2.41 bits per heavy atom. The Hall–Kier alpha value is -2.74. The molecule has 0 bridgehead atoms. The summed E-state index contributed by atoms with van der Waals surface area (Å²) in [6.07, 6.45) is 0.775. The first-order valence-electron chi connectivity index (χ1n) is 8.98. The standard InChI is InChI=1S/C19H24N4O4/c1-20(2)16(24)12-22-7-4-8-23(10-9-22)17(25)13-5-6-14-15(11-13)19(27)21(3)18(14)26/h5-6,11H,4,7-10,12H2,1-3H3. The van der Waals surface area contributed by atoms with Gasteiger partial charge in [0, 0.05) is 52.9 Å². The van der Waals surface area contributed by atoms with Gasteiger partial charge < -0.3 is 9.80 Å². The molecule has 8 heteroatoms. The Balaban J connectivity index is 1.69. The molecule has 2 heterocycles. The fourth-order valence-electron chi connectivity index (χ4n) is 3.34. The second kappa shape index (κ2) is 7.48. The number of carbonyl (C=O) groups excluding carboxylic acids is 4. The molecule has 0 spiro atoms. The highest BCUT2D eigenvalue weighted by molar-refractivity contribution is 6.21. The van der Waals surface area contributed by atoms with E-state index >= 15 is 0 Å². The van der Waals surface area contributed by atoms with Crippen molar-refractivity contribution in [3.63, 3.8) is 0 Å². The number of hydrogen-bond donors (Lipinski definition) is 0. The SMILES string of the molecule is CN(C)C(=O)CN1CCCN(C(=O)c2ccc3c(c2)C(=O)N(C)C3=O)CC1. The van der Waals surface area contributed by atoms with Gasteiger partial charge in [0.1, 0.15) is 0 Å². The minimum atomic E-state index is -0.381. The Morgan fingerprint density at radius 2 is 1.70 bits per heavy atom. The van der Waals surface area contributed by atoms with E-state index in [4.69, 9.17) is 0 Å². The van der Waals surface area contributed by atoms with Crippen molar-refractivity contribution in [3.8, 4) is 0 Å². The molecule has 144 valence electrons. The number of rotatable bonds is 3. The van der Waals surface area contributed by atoms with E-state index in [2.05, 4.69) is 4.90 Å². The molecule has 0 aliphatic carbocycles. The smallest absolute Gasteiger partial charge is 0.261 e. The topological polar surface area (TPSA) is 81.2 Å². The maximum Gasteiger partial charge on any atom is 0.261 e. The van der Waals surface area contributed by atoms with Crippen LogP contribution in [0.4, 0.5) is 0 Å². The average Bonchev–Trinajstić information content (AvgIpc) is 2.83. The summed E-state index contributed by atoms with van der Waals surface area (Å²) in [5, 5.41) is 0. The summed E-state index contributed by atoms with van der Waals surface area (Å²) < 4.78 is 0. The van der Waals surface area contributed by atoms with Gasteiger partial charge in [-0.05, 0) is 24.6 Å². The fraction of sp³-hybridized carbons (Fsp3) is 0.474. The second-order valence-electron chi connectivity index (χ2n) is 7.14. The molecule has 0 unspecified atom stereocenters. The highest BCUT2D eigenvalue weighted by Gasteiger charge is 2.33. The maximum absolute atomic E-state index is 12.9. The van der Waals surface area contributed by atoms with E-state index in [-0.39, 0.29) is 29.2 Å². The van der Waals surface area contributed by atoms with Gasteiger partial charge in [0.15, 0.2) is 0 Å². The van der Waals surface area contributed by atoms with Crippen LogP contribution in [0.15, 0.2) is 18.2 Å². The lowest BCUT2D eigenvalue weighted by Gasteiger charge is -2.23. The van der Waals surface area contributed by atoms with Crippen LogP contribution >= 0.6 is 0 Å². The van der Waals surface area contributed by atoms with Crippen molar-refractivity contribution in [2.45, 2.75) is 6.42 Å². The first-order valence-corrected chi connectivity index (χ1v) is 8.98. The largest absolute Gasteiger partial charge is 0.348 e. The normalized spacial score (nSPS) is 17.7. The van der Waals surface area contributed by atoms with E-state index in [9.17, 15) is 19.2 Å². The van der Waals surface area contributed by atoms with E-state index in [1.807, 2.05) is 0 Å². The molecule has 2 aliphatic rings. The van der Waals surface area contributed by atoms with Crippen molar-refractivity contribution in [2.24, 2.45) is 0 Å². The molecule has 1 aromatic rings. The molecule has 3 rings (SSSR count). The molecule has 0 radical (unpaired) electrons. The van der Waals surface area contributed by atoms with Crippen LogP contribution in [-0.2, 0) is 4.79 Å². The summed E-state index contributed by atoms with van der Waals surface area (Å²) in [6, 6.07) is 4.66. The second-order valence-corrected chi connectivity index (χ2v) is 7.14. The number of carbonyl (C=O) groups is 4. The summed E-state index contributed by atoms with van der Waals surface area (Å²) in [6.45, 7) is 2.83. The van der Waals surface area contributed by atoms with E-state index < -0.39 is 0 Å². The predicted molar refractivity (Wildman–Crippen MR) is 98.5 cm³/mol. The number of nitrogens with zero attached hydrogens (tertiary/aromatic N) is 4. The minimum absolute atomic E-state index is 0.0423. The van der Waals surface area contributed by atoms with Gasteiger partial charge in [-0.1, -0.05) is 0 Å². The zero-order valence-electron chi connectivity index (χ0n) is 15.9. The van der Waals surface area contributed by atoms with Gasteiger partial charge >= 0.3 is 0 Å². The molecule has 2 aliphatic heterocycles. The lowest BCUT2D eigenvalue weighted by Crippen LogP contribution is -2.39. The number of hydrogen-bond acceptors (Lipinski definition) is 5. The third-order valence-corrected chi connectivity index (χ3v) is 5.07. The van der Waals surface area contributed by atoms with Crippen LogP contribution in [0.1, 0.15) is 37.5 Å². The zero-order valence-corrected chi connectivity index (χ0v) is 15.9. The molecule has 0 atom stereocenters. The Labute approximate surface area is 158 Å². The first-order chi connectivity index (χ1) is 12.8. The van der Waals surface area contributed by atoms with Crippen LogP contribution < -0.4 is 0 Å². The molecule has 27 heavy (non-hydrogen) atoms.